The van der Waals surface area contributed by atoms with Crippen LogP contribution in [0.15, 0.2) is 22.7 Å². The van der Waals surface area contributed by atoms with Crippen molar-refractivity contribution in [2.75, 3.05) is 13.2 Å². The van der Waals surface area contributed by atoms with Crippen LogP contribution in [0.25, 0.3) is 0 Å². The van der Waals surface area contributed by atoms with Crippen molar-refractivity contribution in [3.63, 3.8) is 0 Å². The van der Waals surface area contributed by atoms with Gasteiger partial charge in [-0.1, -0.05) is 24.4 Å². The Labute approximate surface area is 152 Å². The molecule has 6 nitrogen and oxygen atoms in total. The van der Waals surface area contributed by atoms with E-state index in [-0.39, 0.29) is 19.2 Å². The predicted octanol–water partition coefficient (Wildman–Crippen LogP) is 3.21. The average molecular weight is 416 g/mol. The number of nitrogens with zero attached hydrogens (tertiary/aromatic N) is 2. The van der Waals surface area contributed by atoms with Gasteiger partial charge in [0.1, 0.15) is 12.4 Å². The summed E-state index contributed by atoms with van der Waals surface area (Å²) in [7, 11) is 0. The van der Waals surface area contributed by atoms with Crippen LogP contribution < -0.4 is 4.74 Å². The second-order valence-electron chi connectivity index (χ2n) is 5.78. The number of rotatable bonds is 5. The number of carbonyl (C=O) groups is 3. The molecule has 1 heterocycles. The average Bonchev–Trinajstić information content (AvgIpc) is 3.12. The molecule has 0 N–H and O–H groups in total. The van der Waals surface area contributed by atoms with Crippen molar-refractivity contribution in [3.8, 4) is 5.75 Å². The number of carbonyl (C=O) groups excluding carboxylic acids is 3. The zero-order valence-corrected chi connectivity index (χ0v) is 15.2. The Morgan fingerprint density at radius 1 is 1.17 bits per heavy atom. The molecule has 3 rings (SSSR count). The van der Waals surface area contributed by atoms with Crippen LogP contribution in [0.3, 0.4) is 0 Å². The van der Waals surface area contributed by atoms with Crippen LogP contribution in [-0.2, 0) is 9.59 Å². The number of hydrogen-bond acceptors (Lipinski definition) is 4. The van der Waals surface area contributed by atoms with Crippen LogP contribution in [0, 0.1) is 0 Å². The van der Waals surface area contributed by atoms with Crippen LogP contribution in [0.2, 0.25) is 5.02 Å². The Hall–Kier alpha value is -1.60. The maximum absolute atomic E-state index is 12.4. The summed E-state index contributed by atoms with van der Waals surface area (Å²) in [5.74, 6) is -0.942. The fraction of sp³-hybridized carbons (Fsp3) is 0.438. The van der Waals surface area contributed by atoms with Gasteiger partial charge in [-0.05, 0) is 47.0 Å². The van der Waals surface area contributed by atoms with Crippen LogP contribution >= 0.6 is 27.5 Å². The van der Waals surface area contributed by atoms with Crippen molar-refractivity contribution in [3.05, 3.63) is 27.7 Å². The minimum absolute atomic E-state index is 0.0295. The van der Waals surface area contributed by atoms with Crippen molar-refractivity contribution >= 4 is 45.4 Å². The molecule has 128 valence electrons. The summed E-state index contributed by atoms with van der Waals surface area (Å²) in [5, 5.41) is 0.567. The molecule has 0 aromatic heterocycles. The molecule has 24 heavy (non-hydrogen) atoms. The van der Waals surface area contributed by atoms with Gasteiger partial charge in [-0.25, -0.2) is 4.79 Å². The third-order valence-electron chi connectivity index (χ3n) is 4.24. The van der Waals surface area contributed by atoms with Gasteiger partial charge >= 0.3 is 17.8 Å². The third-order valence-corrected chi connectivity index (χ3v) is 5.09. The molecule has 2 fully saturated rings. The normalized spacial score (nSPS) is 18.8. The maximum atomic E-state index is 12.4. The van der Waals surface area contributed by atoms with E-state index in [4.69, 9.17) is 16.3 Å². The molecule has 0 atom stereocenters. The van der Waals surface area contributed by atoms with E-state index in [0.29, 0.717) is 15.2 Å². The Balaban J connectivity index is 1.61. The first-order valence-electron chi connectivity index (χ1n) is 7.76. The largest absolute Gasteiger partial charge is 0.491 e. The molecule has 2 aliphatic rings. The second-order valence-corrected chi connectivity index (χ2v) is 7.07. The van der Waals surface area contributed by atoms with Gasteiger partial charge in [0.25, 0.3) is 0 Å². The van der Waals surface area contributed by atoms with E-state index < -0.39 is 17.8 Å². The van der Waals surface area contributed by atoms with Gasteiger partial charge in [0.2, 0.25) is 0 Å². The summed E-state index contributed by atoms with van der Waals surface area (Å²) >= 11 is 9.19. The predicted molar refractivity (Wildman–Crippen MR) is 90.9 cm³/mol. The highest BCUT2D eigenvalue weighted by Gasteiger charge is 2.47. The molecule has 0 spiro atoms. The highest BCUT2D eigenvalue weighted by Crippen LogP contribution is 2.29. The highest BCUT2D eigenvalue weighted by atomic mass is 79.9. The van der Waals surface area contributed by atoms with E-state index in [0.717, 1.165) is 35.5 Å². The van der Waals surface area contributed by atoms with Crippen molar-refractivity contribution in [2.24, 2.45) is 0 Å². The first-order chi connectivity index (χ1) is 11.5. The SMILES string of the molecule is O=C1C(=O)N(C2CCCC2)C(=O)N1CCOc1ccc(Cl)cc1Br. The summed E-state index contributed by atoms with van der Waals surface area (Å²) in [4.78, 5) is 38.6. The lowest BCUT2D eigenvalue weighted by Crippen LogP contribution is -2.40. The molecule has 1 aliphatic heterocycles. The highest BCUT2D eigenvalue weighted by molar-refractivity contribution is 9.10. The molecule has 1 aromatic carbocycles. The Morgan fingerprint density at radius 2 is 1.88 bits per heavy atom. The number of ether oxygens (including phenoxy) is 1. The van der Waals surface area contributed by atoms with E-state index in [1.807, 2.05) is 0 Å². The smallest absolute Gasteiger partial charge is 0.334 e. The van der Waals surface area contributed by atoms with E-state index >= 15 is 0 Å². The maximum Gasteiger partial charge on any atom is 0.334 e. The fourth-order valence-electron chi connectivity index (χ4n) is 3.04. The number of imide groups is 2. The summed E-state index contributed by atoms with van der Waals surface area (Å²) in [6.07, 6.45) is 3.49. The zero-order valence-electron chi connectivity index (χ0n) is 12.8. The molecule has 1 saturated carbocycles. The fourth-order valence-corrected chi connectivity index (χ4v) is 3.84. The molecular formula is C16H16BrClN2O4. The molecule has 8 heteroatoms. The Bertz CT molecular complexity index is 691. The van der Waals surface area contributed by atoms with Crippen LogP contribution in [0.1, 0.15) is 25.7 Å². The van der Waals surface area contributed by atoms with Crippen LogP contribution in [-0.4, -0.2) is 46.8 Å². The standard InChI is InChI=1S/C16H16BrClN2O4/c17-12-9-10(18)5-6-13(12)24-8-7-19-14(21)15(22)20(16(19)23)11-3-1-2-4-11/h5-6,9,11H,1-4,7-8H2. The van der Waals surface area contributed by atoms with Gasteiger partial charge in [-0.3, -0.25) is 19.4 Å². The first kappa shape index (κ1) is 17.2. The first-order valence-corrected chi connectivity index (χ1v) is 8.93. The van der Waals surface area contributed by atoms with Crippen molar-refractivity contribution < 1.29 is 19.1 Å². The van der Waals surface area contributed by atoms with E-state index in [9.17, 15) is 14.4 Å². The van der Waals surface area contributed by atoms with E-state index in [1.54, 1.807) is 18.2 Å². The minimum Gasteiger partial charge on any atom is -0.491 e. The van der Waals surface area contributed by atoms with Crippen molar-refractivity contribution in [2.45, 2.75) is 31.7 Å². The minimum atomic E-state index is -0.773. The third kappa shape index (κ3) is 3.28. The summed E-state index contributed by atoms with van der Waals surface area (Å²) < 4.78 is 6.24. The lowest BCUT2D eigenvalue weighted by Gasteiger charge is -2.21. The zero-order chi connectivity index (χ0) is 17.3. The van der Waals surface area contributed by atoms with Gasteiger partial charge in [0.15, 0.2) is 0 Å². The molecule has 1 aromatic rings. The number of urea groups is 1. The van der Waals surface area contributed by atoms with Gasteiger partial charge in [0, 0.05) is 11.1 Å². The Morgan fingerprint density at radius 3 is 2.54 bits per heavy atom. The number of hydrogen-bond donors (Lipinski definition) is 0. The molecule has 0 radical (unpaired) electrons. The molecule has 4 amide bonds. The lowest BCUT2D eigenvalue weighted by molar-refractivity contribution is -0.144. The Kier molecular flexibility index (Phi) is 5.10. The molecule has 0 bridgehead atoms. The molecular weight excluding hydrogens is 400 g/mol. The number of halogens is 2. The lowest BCUT2D eigenvalue weighted by atomic mass is 10.2. The summed E-state index contributed by atoms with van der Waals surface area (Å²) in [6.45, 7) is 0.130. The van der Waals surface area contributed by atoms with Crippen molar-refractivity contribution in [1.29, 1.82) is 0 Å². The molecule has 1 aliphatic carbocycles. The molecule has 0 unspecified atom stereocenters. The number of amides is 4. The summed E-state index contributed by atoms with van der Waals surface area (Å²) in [6, 6.07) is 4.38. The second kappa shape index (κ2) is 7.11. The van der Waals surface area contributed by atoms with Gasteiger partial charge in [-0.2, -0.15) is 0 Å². The van der Waals surface area contributed by atoms with Gasteiger partial charge in [0.05, 0.1) is 11.0 Å². The number of benzene rings is 1. The van der Waals surface area contributed by atoms with Crippen LogP contribution in [0.4, 0.5) is 4.79 Å². The monoisotopic (exact) mass is 414 g/mol. The van der Waals surface area contributed by atoms with Crippen molar-refractivity contribution in [1.82, 2.24) is 9.80 Å². The van der Waals surface area contributed by atoms with Gasteiger partial charge < -0.3 is 4.74 Å². The summed E-state index contributed by atoms with van der Waals surface area (Å²) in [5.41, 5.74) is 0. The quantitative estimate of drug-likeness (QED) is 0.547. The molecule has 1 saturated heterocycles. The van der Waals surface area contributed by atoms with E-state index in [2.05, 4.69) is 15.9 Å². The van der Waals surface area contributed by atoms with Crippen LogP contribution in [0.5, 0.6) is 5.75 Å². The van der Waals surface area contributed by atoms with Gasteiger partial charge in [-0.15, -0.1) is 0 Å². The van der Waals surface area contributed by atoms with E-state index in [1.165, 1.54) is 0 Å². The topological polar surface area (TPSA) is 66.9 Å².